The van der Waals surface area contributed by atoms with Gasteiger partial charge in [0.1, 0.15) is 5.82 Å². The number of aromatic nitrogens is 3. The Morgan fingerprint density at radius 2 is 1.95 bits per heavy atom. The highest BCUT2D eigenvalue weighted by Crippen LogP contribution is 2.37. The fourth-order valence-corrected chi connectivity index (χ4v) is 2.52. The maximum absolute atomic E-state index is 12.0. The summed E-state index contributed by atoms with van der Waals surface area (Å²) < 4.78 is 22.7. The van der Waals surface area contributed by atoms with Gasteiger partial charge >= 0.3 is 0 Å². The molecule has 110 valence electrons. The summed E-state index contributed by atoms with van der Waals surface area (Å²) in [5, 5.41) is 9.28. The van der Waals surface area contributed by atoms with Crippen LogP contribution in [-0.2, 0) is 9.84 Å². The largest absolute Gasteiger partial charge is 0.319 e. The van der Waals surface area contributed by atoms with Gasteiger partial charge in [-0.25, -0.2) is 13.4 Å². The van der Waals surface area contributed by atoms with Crippen molar-refractivity contribution in [1.29, 1.82) is 0 Å². The SMILES string of the molecule is CS(=O)(=O)c1ccc(NC(=O)c2n[nH]c(C3CC3)n2)cc1. The van der Waals surface area contributed by atoms with Crippen LogP contribution in [0, 0.1) is 0 Å². The number of hydrogen-bond donors (Lipinski definition) is 2. The molecule has 3 rings (SSSR count). The molecular formula is C13H14N4O3S. The van der Waals surface area contributed by atoms with E-state index in [0.29, 0.717) is 11.6 Å². The summed E-state index contributed by atoms with van der Waals surface area (Å²) >= 11 is 0. The van der Waals surface area contributed by atoms with E-state index in [0.717, 1.165) is 24.9 Å². The Bertz CT molecular complexity index is 776. The van der Waals surface area contributed by atoms with E-state index in [1.807, 2.05) is 0 Å². The second-order valence-corrected chi connectivity index (χ2v) is 7.08. The van der Waals surface area contributed by atoms with E-state index in [2.05, 4.69) is 20.5 Å². The molecule has 0 bridgehead atoms. The molecule has 1 aliphatic rings. The van der Waals surface area contributed by atoms with Crippen molar-refractivity contribution < 1.29 is 13.2 Å². The van der Waals surface area contributed by atoms with Crippen LogP contribution >= 0.6 is 0 Å². The number of carbonyl (C=O) groups is 1. The lowest BCUT2D eigenvalue weighted by Gasteiger charge is -2.03. The van der Waals surface area contributed by atoms with Crippen LogP contribution in [-0.4, -0.2) is 35.8 Å². The molecule has 0 unspecified atom stereocenters. The van der Waals surface area contributed by atoms with E-state index in [1.165, 1.54) is 24.3 Å². The first-order chi connectivity index (χ1) is 9.93. The van der Waals surface area contributed by atoms with Crippen LogP contribution in [0.2, 0.25) is 0 Å². The smallest absolute Gasteiger partial charge is 0.295 e. The molecule has 0 spiro atoms. The molecular weight excluding hydrogens is 292 g/mol. The summed E-state index contributed by atoms with van der Waals surface area (Å²) in [6.45, 7) is 0. The number of anilines is 1. The number of nitrogens with one attached hydrogen (secondary N) is 2. The van der Waals surface area contributed by atoms with Crippen molar-refractivity contribution >= 4 is 21.4 Å². The minimum Gasteiger partial charge on any atom is -0.319 e. The van der Waals surface area contributed by atoms with Gasteiger partial charge in [0.2, 0.25) is 5.82 Å². The maximum atomic E-state index is 12.0. The first-order valence-electron chi connectivity index (χ1n) is 6.47. The normalized spacial score (nSPS) is 14.9. The van der Waals surface area contributed by atoms with Crippen LogP contribution < -0.4 is 5.32 Å². The molecule has 1 aliphatic carbocycles. The van der Waals surface area contributed by atoms with E-state index in [4.69, 9.17) is 0 Å². The molecule has 7 nitrogen and oxygen atoms in total. The number of benzene rings is 1. The number of nitrogens with zero attached hydrogens (tertiary/aromatic N) is 2. The molecule has 1 heterocycles. The highest BCUT2D eigenvalue weighted by Gasteiger charge is 2.28. The Labute approximate surface area is 121 Å². The Hall–Kier alpha value is -2.22. The van der Waals surface area contributed by atoms with Crippen LogP contribution in [0.1, 0.15) is 35.2 Å². The molecule has 2 N–H and O–H groups in total. The summed E-state index contributed by atoms with van der Waals surface area (Å²) in [6, 6.07) is 5.95. The van der Waals surface area contributed by atoms with Crippen LogP contribution in [0.5, 0.6) is 0 Å². The first kappa shape index (κ1) is 13.7. The van der Waals surface area contributed by atoms with E-state index in [1.54, 1.807) is 0 Å². The minimum atomic E-state index is -3.24. The zero-order chi connectivity index (χ0) is 15.0. The van der Waals surface area contributed by atoms with Gasteiger partial charge in [0, 0.05) is 17.9 Å². The van der Waals surface area contributed by atoms with Gasteiger partial charge in [0.05, 0.1) is 4.90 Å². The molecule has 1 amide bonds. The average Bonchev–Trinajstić information content (AvgIpc) is 3.16. The summed E-state index contributed by atoms with van der Waals surface area (Å²) in [5.74, 6) is 0.801. The van der Waals surface area contributed by atoms with Crippen LogP contribution in [0.15, 0.2) is 29.2 Å². The molecule has 0 aliphatic heterocycles. The number of sulfone groups is 1. The predicted molar refractivity (Wildman–Crippen MR) is 75.9 cm³/mol. The summed E-state index contributed by atoms with van der Waals surface area (Å²) in [5.41, 5.74) is 0.491. The topological polar surface area (TPSA) is 105 Å². The monoisotopic (exact) mass is 306 g/mol. The summed E-state index contributed by atoms with van der Waals surface area (Å²) in [7, 11) is -3.24. The Morgan fingerprint density at radius 1 is 1.29 bits per heavy atom. The zero-order valence-electron chi connectivity index (χ0n) is 11.3. The number of carbonyl (C=O) groups excluding carboxylic acids is 1. The molecule has 1 fully saturated rings. The van der Waals surface area contributed by atoms with Gasteiger partial charge in [-0.3, -0.25) is 9.89 Å². The maximum Gasteiger partial charge on any atom is 0.295 e. The van der Waals surface area contributed by atoms with Crippen LogP contribution in [0.25, 0.3) is 0 Å². The summed E-state index contributed by atoms with van der Waals surface area (Å²) in [6.07, 6.45) is 3.28. The molecule has 1 saturated carbocycles. The van der Waals surface area contributed by atoms with Crippen molar-refractivity contribution in [1.82, 2.24) is 15.2 Å². The first-order valence-corrected chi connectivity index (χ1v) is 8.36. The third-order valence-electron chi connectivity index (χ3n) is 3.21. The van der Waals surface area contributed by atoms with E-state index in [9.17, 15) is 13.2 Å². The van der Waals surface area contributed by atoms with E-state index >= 15 is 0 Å². The molecule has 8 heteroatoms. The van der Waals surface area contributed by atoms with Gasteiger partial charge in [0.25, 0.3) is 5.91 Å². The van der Waals surface area contributed by atoms with Crippen molar-refractivity contribution in [3.05, 3.63) is 35.9 Å². The van der Waals surface area contributed by atoms with Gasteiger partial charge in [-0.05, 0) is 37.1 Å². The third-order valence-corrected chi connectivity index (χ3v) is 4.34. The highest BCUT2D eigenvalue weighted by molar-refractivity contribution is 7.90. The lowest BCUT2D eigenvalue weighted by Crippen LogP contribution is -2.14. The fraction of sp³-hybridized carbons (Fsp3) is 0.308. The molecule has 0 atom stereocenters. The van der Waals surface area contributed by atoms with Gasteiger partial charge in [-0.2, -0.15) is 0 Å². The molecule has 1 aromatic carbocycles. The van der Waals surface area contributed by atoms with Gasteiger partial charge in [0.15, 0.2) is 9.84 Å². The highest BCUT2D eigenvalue weighted by atomic mass is 32.2. The van der Waals surface area contributed by atoms with Crippen LogP contribution in [0.4, 0.5) is 5.69 Å². The molecule has 0 saturated heterocycles. The standard InChI is InChI=1S/C13H14N4O3S/c1-21(19,20)10-6-4-9(5-7-10)14-13(18)12-15-11(16-17-12)8-2-3-8/h4-8H,2-3H2,1H3,(H,14,18)(H,15,16,17). The zero-order valence-corrected chi connectivity index (χ0v) is 12.1. The van der Waals surface area contributed by atoms with Gasteiger partial charge in [-0.1, -0.05) is 0 Å². The molecule has 21 heavy (non-hydrogen) atoms. The summed E-state index contributed by atoms with van der Waals surface area (Å²) in [4.78, 5) is 16.3. The van der Waals surface area contributed by atoms with Crippen molar-refractivity contribution in [2.75, 3.05) is 11.6 Å². The van der Waals surface area contributed by atoms with E-state index in [-0.39, 0.29) is 10.7 Å². The quantitative estimate of drug-likeness (QED) is 0.886. The average molecular weight is 306 g/mol. The Morgan fingerprint density at radius 3 is 2.52 bits per heavy atom. The van der Waals surface area contributed by atoms with E-state index < -0.39 is 15.7 Å². The second-order valence-electron chi connectivity index (χ2n) is 5.07. The number of hydrogen-bond acceptors (Lipinski definition) is 5. The van der Waals surface area contributed by atoms with Crippen molar-refractivity contribution in [3.63, 3.8) is 0 Å². The third kappa shape index (κ3) is 3.10. The minimum absolute atomic E-state index is 0.0871. The number of amides is 1. The van der Waals surface area contributed by atoms with Crippen LogP contribution in [0.3, 0.4) is 0 Å². The Balaban J connectivity index is 1.71. The number of rotatable bonds is 4. The Kier molecular flexibility index (Phi) is 3.25. The number of H-pyrrole nitrogens is 1. The van der Waals surface area contributed by atoms with Gasteiger partial charge in [-0.15, -0.1) is 5.10 Å². The lowest BCUT2D eigenvalue weighted by atomic mass is 10.3. The number of aromatic amines is 1. The lowest BCUT2D eigenvalue weighted by molar-refractivity contribution is 0.101. The fourth-order valence-electron chi connectivity index (χ4n) is 1.89. The van der Waals surface area contributed by atoms with Crippen molar-refractivity contribution in [3.8, 4) is 0 Å². The molecule has 1 aromatic heterocycles. The second kappa shape index (κ2) is 4.96. The molecule has 2 aromatic rings. The van der Waals surface area contributed by atoms with Crippen molar-refractivity contribution in [2.45, 2.75) is 23.7 Å². The van der Waals surface area contributed by atoms with Gasteiger partial charge < -0.3 is 5.32 Å². The van der Waals surface area contributed by atoms with Crippen molar-refractivity contribution in [2.24, 2.45) is 0 Å². The molecule has 0 radical (unpaired) electrons. The predicted octanol–water partition coefficient (Wildman–Crippen LogP) is 1.34.